The number of hydrogen-bond donors (Lipinski definition) is 2. The van der Waals surface area contributed by atoms with E-state index in [2.05, 4.69) is 0 Å². The normalized spacial score (nSPS) is 21.5. The first-order valence-corrected chi connectivity index (χ1v) is 7.34. The number of nitrogens with zero attached hydrogens (tertiary/aromatic N) is 1. The zero-order valence-electron chi connectivity index (χ0n) is 11.9. The minimum atomic E-state index is -0.828. The third-order valence-corrected chi connectivity index (χ3v) is 4.21. The second kappa shape index (κ2) is 5.93. The Balaban J connectivity index is 2.20. The molecule has 3 N–H and O–H groups in total. The lowest BCUT2D eigenvalue weighted by Crippen LogP contribution is -2.37. The van der Waals surface area contributed by atoms with Crippen molar-refractivity contribution in [3.63, 3.8) is 0 Å². The van der Waals surface area contributed by atoms with Gasteiger partial charge in [-0.3, -0.25) is 9.59 Å². The summed E-state index contributed by atoms with van der Waals surface area (Å²) in [5.74, 6) is -1.05. The molecule has 1 aliphatic heterocycles. The van der Waals surface area contributed by atoms with E-state index in [9.17, 15) is 14.7 Å². The average Bonchev–Trinajstić information content (AvgIpc) is 2.83. The molecule has 2 rings (SSSR count). The molecule has 1 aliphatic rings. The molecular formula is C15H19ClN2O3. The fraction of sp³-hybridized carbons (Fsp3) is 0.467. The molecule has 0 spiro atoms. The molecule has 0 aromatic heterocycles. The number of nitrogen functional groups attached to an aromatic ring is 1. The van der Waals surface area contributed by atoms with Crippen molar-refractivity contribution >= 4 is 29.2 Å². The standard InChI is InChI=1S/C15H19ClN2O3/c1-2-3-15(14(20)21)4-5-18(9-15)13(19)10-6-11(16)8-12(17)7-10/h6-8H,2-5,9,17H2,1H3,(H,20,21). The molecular weight excluding hydrogens is 292 g/mol. The lowest BCUT2D eigenvalue weighted by atomic mass is 9.83. The molecule has 0 saturated carbocycles. The summed E-state index contributed by atoms with van der Waals surface area (Å²) in [7, 11) is 0. The topological polar surface area (TPSA) is 83.6 Å². The molecule has 1 aromatic carbocycles. The van der Waals surface area contributed by atoms with Crippen molar-refractivity contribution in [2.24, 2.45) is 5.41 Å². The van der Waals surface area contributed by atoms with Crippen LogP contribution < -0.4 is 5.73 Å². The zero-order chi connectivity index (χ0) is 15.6. The first-order valence-electron chi connectivity index (χ1n) is 6.97. The van der Waals surface area contributed by atoms with Crippen molar-refractivity contribution in [2.45, 2.75) is 26.2 Å². The van der Waals surface area contributed by atoms with Gasteiger partial charge in [-0.1, -0.05) is 24.9 Å². The van der Waals surface area contributed by atoms with Gasteiger partial charge >= 0.3 is 5.97 Å². The summed E-state index contributed by atoms with van der Waals surface area (Å²) in [4.78, 5) is 25.6. The Kier molecular flexibility index (Phi) is 4.42. The number of halogens is 1. The summed E-state index contributed by atoms with van der Waals surface area (Å²) in [6, 6.07) is 4.69. The first kappa shape index (κ1) is 15.6. The molecule has 1 unspecified atom stereocenters. The van der Waals surface area contributed by atoms with Crippen LogP contribution in [0, 0.1) is 5.41 Å². The SMILES string of the molecule is CCCC1(C(=O)O)CCN(C(=O)c2cc(N)cc(Cl)c2)C1. The van der Waals surface area contributed by atoms with Gasteiger partial charge in [0, 0.05) is 29.4 Å². The maximum Gasteiger partial charge on any atom is 0.311 e. The van der Waals surface area contributed by atoms with E-state index in [1.54, 1.807) is 23.1 Å². The maximum atomic E-state index is 12.5. The predicted molar refractivity (Wildman–Crippen MR) is 81.4 cm³/mol. The van der Waals surface area contributed by atoms with E-state index in [0.717, 1.165) is 6.42 Å². The molecule has 5 nitrogen and oxygen atoms in total. The molecule has 6 heteroatoms. The average molecular weight is 311 g/mol. The van der Waals surface area contributed by atoms with Crippen LogP contribution in [0.15, 0.2) is 18.2 Å². The minimum absolute atomic E-state index is 0.219. The number of likely N-dealkylation sites (tertiary alicyclic amines) is 1. The summed E-state index contributed by atoms with van der Waals surface area (Å²) in [6.07, 6.45) is 1.83. The summed E-state index contributed by atoms with van der Waals surface area (Å²) in [5.41, 5.74) is 5.69. The molecule has 0 bridgehead atoms. The molecule has 1 atom stereocenters. The lowest BCUT2D eigenvalue weighted by Gasteiger charge is -2.24. The van der Waals surface area contributed by atoms with E-state index in [1.165, 1.54) is 0 Å². The van der Waals surface area contributed by atoms with Crippen molar-refractivity contribution < 1.29 is 14.7 Å². The monoisotopic (exact) mass is 310 g/mol. The number of carboxylic acids is 1. The van der Waals surface area contributed by atoms with Gasteiger partial charge in [0.15, 0.2) is 0 Å². The summed E-state index contributed by atoms with van der Waals surface area (Å²) in [5, 5.41) is 9.87. The smallest absolute Gasteiger partial charge is 0.311 e. The molecule has 1 amide bonds. The van der Waals surface area contributed by atoms with E-state index in [1.807, 2.05) is 6.92 Å². The molecule has 21 heavy (non-hydrogen) atoms. The highest BCUT2D eigenvalue weighted by atomic mass is 35.5. The fourth-order valence-corrected chi connectivity index (χ4v) is 3.17. The van der Waals surface area contributed by atoms with Crippen molar-refractivity contribution in [1.82, 2.24) is 4.90 Å². The van der Waals surface area contributed by atoms with Crippen molar-refractivity contribution in [3.8, 4) is 0 Å². The number of carboxylic acid groups (broad SMARTS) is 1. The Hall–Kier alpha value is -1.75. The second-order valence-electron chi connectivity index (χ2n) is 5.59. The lowest BCUT2D eigenvalue weighted by molar-refractivity contribution is -0.148. The van der Waals surface area contributed by atoms with Crippen LogP contribution in [0.1, 0.15) is 36.5 Å². The van der Waals surface area contributed by atoms with Gasteiger partial charge in [-0.15, -0.1) is 0 Å². The minimum Gasteiger partial charge on any atom is -0.481 e. The Bertz CT molecular complexity index is 556. The van der Waals surface area contributed by atoms with Gasteiger partial charge in [0.2, 0.25) is 0 Å². The van der Waals surface area contributed by atoms with Gasteiger partial charge in [0.05, 0.1) is 5.41 Å². The van der Waals surface area contributed by atoms with Gasteiger partial charge < -0.3 is 15.7 Å². The summed E-state index contributed by atoms with van der Waals surface area (Å²) >= 11 is 5.91. The number of aliphatic carboxylic acids is 1. The Labute approximate surface area is 128 Å². The van der Waals surface area contributed by atoms with Crippen LogP contribution in [0.2, 0.25) is 5.02 Å². The quantitative estimate of drug-likeness (QED) is 0.837. The summed E-state index contributed by atoms with van der Waals surface area (Å²) < 4.78 is 0. The third-order valence-electron chi connectivity index (χ3n) is 3.99. The maximum absolute atomic E-state index is 12.5. The van der Waals surface area contributed by atoms with E-state index in [-0.39, 0.29) is 12.5 Å². The van der Waals surface area contributed by atoms with Gasteiger partial charge in [-0.05, 0) is 31.0 Å². The molecule has 1 heterocycles. The molecule has 0 radical (unpaired) electrons. The van der Waals surface area contributed by atoms with Gasteiger partial charge in [0.1, 0.15) is 0 Å². The number of carbonyl (C=O) groups excluding carboxylic acids is 1. The number of nitrogens with two attached hydrogens (primary N) is 1. The number of benzene rings is 1. The molecule has 1 aromatic rings. The highest BCUT2D eigenvalue weighted by Gasteiger charge is 2.45. The molecule has 114 valence electrons. The molecule has 0 aliphatic carbocycles. The number of carbonyl (C=O) groups is 2. The molecule has 1 saturated heterocycles. The number of hydrogen-bond acceptors (Lipinski definition) is 3. The van der Waals surface area contributed by atoms with Crippen LogP contribution in [0.3, 0.4) is 0 Å². The van der Waals surface area contributed by atoms with E-state index in [4.69, 9.17) is 17.3 Å². The van der Waals surface area contributed by atoms with Crippen LogP contribution in [0.25, 0.3) is 0 Å². The largest absolute Gasteiger partial charge is 0.481 e. The highest BCUT2D eigenvalue weighted by Crippen LogP contribution is 2.36. The van der Waals surface area contributed by atoms with Crippen molar-refractivity contribution in [3.05, 3.63) is 28.8 Å². The van der Waals surface area contributed by atoms with Crippen molar-refractivity contribution in [2.75, 3.05) is 18.8 Å². The van der Waals surface area contributed by atoms with Gasteiger partial charge in [-0.25, -0.2) is 0 Å². The van der Waals surface area contributed by atoms with Crippen LogP contribution in [-0.2, 0) is 4.79 Å². The zero-order valence-corrected chi connectivity index (χ0v) is 12.7. The van der Waals surface area contributed by atoms with E-state index >= 15 is 0 Å². The van der Waals surface area contributed by atoms with Crippen LogP contribution in [-0.4, -0.2) is 35.0 Å². The van der Waals surface area contributed by atoms with Gasteiger partial charge in [0.25, 0.3) is 5.91 Å². The highest BCUT2D eigenvalue weighted by molar-refractivity contribution is 6.31. The first-order chi connectivity index (χ1) is 9.88. The summed E-state index contributed by atoms with van der Waals surface area (Å²) in [6.45, 7) is 2.63. The molecule has 1 fully saturated rings. The van der Waals surface area contributed by atoms with Gasteiger partial charge in [-0.2, -0.15) is 0 Å². The van der Waals surface area contributed by atoms with Crippen LogP contribution in [0.5, 0.6) is 0 Å². The number of rotatable bonds is 4. The Morgan fingerprint density at radius 2 is 2.14 bits per heavy atom. The number of amides is 1. The Morgan fingerprint density at radius 1 is 1.43 bits per heavy atom. The van der Waals surface area contributed by atoms with E-state index in [0.29, 0.717) is 35.7 Å². The Morgan fingerprint density at radius 3 is 2.71 bits per heavy atom. The van der Waals surface area contributed by atoms with Crippen molar-refractivity contribution in [1.29, 1.82) is 0 Å². The predicted octanol–water partition coefficient (Wildman–Crippen LogP) is 2.64. The second-order valence-corrected chi connectivity index (χ2v) is 6.02. The third kappa shape index (κ3) is 3.13. The van der Waals surface area contributed by atoms with Crippen LogP contribution >= 0.6 is 11.6 Å². The number of anilines is 1. The fourth-order valence-electron chi connectivity index (χ4n) is 2.93. The van der Waals surface area contributed by atoms with E-state index < -0.39 is 11.4 Å². The van der Waals surface area contributed by atoms with Crippen LogP contribution in [0.4, 0.5) is 5.69 Å².